The van der Waals surface area contributed by atoms with Crippen molar-refractivity contribution in [3.63, 3.8) is 0 Å². The number of nitrogen functional groups attached to an aromatic ring is 1. The van der Waals surface area contributed by atoms with E-state index < -0.39 is 5.97 Å². The highest BCUT2D eigenvalue weighted by Crippen LogP contribution is 2.27. The number of pyridine rings is 1. The van der Waals surface area contributed by atoms with Crippen LogP contribution in [0, 0.1) is 5.92 Å². The third-order valence-corrected chi connectivity index (χ3v) is 5.77. The van der Waals surface area contributed by atoms with Gasteiger partial charge in [0.1, 0.15) is 5.82 Å². The Bertz CT molecular complexity index is 1040. The summed E-state index contributed by atoms with van der Waals surface area (Å²) in [5.41, 5.74) is 14.2. The first-order valence-electron chi connectivity index (χ1n) is 11.4. The van der Waals surface area contributed by atoms with E-state index in [1.54, 1.807) is 25.4 Å². The van der Waals surface area contributed by atoms with Gasteiger partial charge in [-0.15, -0.1) is 0 Å². The summed E-state index contributed by atoms with van der Waals surface area (Å²) in [6.07, 6.45) is 3.32. The van der Waals surface area contributed by atoms with E-state index in [0.717, 1.165) is 25.9 Å². The van der Waals surface area contributed by atoms with Gasteiger partial charge in [-0.3, -0.25) is 0 Å². The van der Waals surface area contributed by atoms with Crippen LogP contribution in [0.15, 0.2) is 24.0 Å². The van der Waals surface area contributed by atoms with Crippen molar-refractivity contribution in [2.45, 2.75) is 33.6 Å². The molecule has 0 aromatic carbocycles. The number of nitrogens with zero attached hydrogens (tertiary/aromatic N) is 5. The number of carbonyl (C=O) groups is 1. The van der Waals surface area contributed by atoms with Crippen LogP contribution in [0.5, 0.6) is 5.75 Å². The Balaban J connectivity index is 0.00000210. The number of ether oxygens (including phenoxy) is 2. The molecule has 0 amide bonds. The predicted molar refractivity (Wildman–Crippen MR) is 138 cm³/mol. The number of esters is 1. The molecule has 0 aliphatic carbocycles. The minimum Gasteiger partial charge on any atom is -0.489 e. The van der Waals surface area contributed by atoms with Crippen molar-refractivity contribution in [3.05, 3.63) is 40.6 Å². The molecule has 3 rings (SSSR count). The standard InChI is InChI=1S/C21H29ClN8O3.C2H6/c1-12(29(2)25)18(23)14-8-16(19(24)26-10-14)33-11-13-4-6-30(7-5-13)17-9-15(20(31)32-3)27-21(22)28-17;1-2/h8-10,13H,4-7,11,23,25H2,1-3H3,(H2,24,26);1-2H3/b18-12-;. The van der Waals surface area contributed by atoms with Gasteiger partial charge in [0.05, 0.1) is 19.4 Å². The smallest absolute Gasteiger partial charge is 0.356 e. The van der Waals surface area contributed by atoms with Crippen LogP contribution in [0.1, 0.15) is 49.7 Å². The first-order chi connectivity index (χ1) is 16.7. The normalized spacial score (nSPS) is 14.4. The molecule has 0 bridgehead atoms. The summed E-state index contributed by atoms with van der Waals surface area (Å²) >= 11 is 5.99. The van der Waals surface area contributed by atoms with Crippen LogP contribution in [-0.4, -0.2) is 59.8 Å². The molecule has 2 aromatic heterocycles. The summed E-state index contributed by atoms with van der Waals surface area (Å²) in [7, 11) is 3.01. The number of rotatable bonds is 7. The van der Waals surface area contributed by atoms with Gasteiger partial charge in [0, 0.05) is 43.7 Å². The second-order valence-corrected chi connectivity index (χ2v) is 8.17. The highest BCUT2D eigenvalue weighted by atomic mass is 35.5. The monoisotopic (exact) mass is 506 g/mol. The summed E-state index contributed by atoms with van der Waals surface area (Å²) in [5, 5.41) is 1.45. The Hall–Kier alpha value is -3.31. The van der Waals surface area contributed by atoms with Crippen molar-refractivity contribution >= 4 is 34.9 Å². The van der Waals surface area contributed by atoms with Crippen molar-refractivity contribution in [2.24, 2.45) is 17.5 Å². The molecule has 192 valence electrons. The van der Waals surface area contributed by atoms with E-state index >= 15 is 0 Å². The number of hydrogen-bond acceptors (Lipinski definition) is 11. The molecule has 6 N–H and O–H groups in total. The second kappa shape index (κ2) is 13.0. The van der Waals surface area contributed by atoms with Crippen LogP contribution in [0.25, 0.3) is 5.70 Å². The van der Waals surface area contributed by atoms with Crippen LogP contribution in [0.2, 0.25) is 5.28 Å². The van der Waals surface area contributed by atoms with Crippen molar-refractivity contribution in [1.82, 2.24) is 20.0 Å². The number of carbonyl (C=O) groups excluding carboxylic acids is 1. The molecule has 2 aromatic rings. The fraction of sp³-hybridized carbons (Fsp3) is 0.478. The van der Waals surface area contributed by atoms with Crippen LogP contribution >= 0.6 is 11.6 Å². The van der Waals surface area contributed by atoms with E-state index in [-0.39, 0.29) is 11.0 Å². The molecule has 0 radical (unpaired) electrons. The Kier molecular flexibility index (Phi) is 10.3. The number of anilines is 2. The van der Waals surface area contributed by atoms with E-state index in [2.05, 4.69) is 19.9 Å². The largest absolute Gasteiger partial charge is 0.489 e. The first-order valence-corrected chi connectivity index (χ1v) is 11.8. The molecule has 0 spiro atoms. The maximum Gasteiger partial charge on any atom is 0.356 e. The fourth-order valence-electron chi connectivity index (χ4n) is 3.43. The topological polar surface area (TPSA) is 159 Å². The number of hydrogen-bond donors (Lipinski definition) is 3. The van der Waals surface area contributed by atoms with Crippen LogP contribution < -0.4 is 26.9 Å². The SMILES string of the molecule is CC.COC(=O)c1cc(N2CCC(COc3cc(/C(N)=C(\C)N(C)N)cnc3N)CC2)nc(Cl)n1. The zero-order valence-corrected chi connectivity index (χ0v) is 21.7. The lowest BCUT2D eigenvalue weighted by Gasteiger charge is -2.32. The third-order valence-electron chi connectivity index (χ3n) is 5.60. The summed E-state index contributed by atoms with van der Waals surface area (Å²) in [6.45, 7) is 7.76. The van der Waals surface area contributed by atoms with E-state index in [1.807, 2.05) is 20.8 Å². The quantitative estimate of drug-likeness (QED) is 0.219. The van der Waals surface area contributed by atoms with Gasteiger partial charge in [0.25, 0.3) is 0 Å². The summed E-state index contributed by atoms with van der Waals surface area (Å²) in [5.74, 6) is 6.90. The van der Waals surface area contributed by atoms with Gasteiger partial charge in [0.15, 0.2) is 17.3 Å². The number of methoxy groups -OCH3 is 1. The Labute approximate surface area is 211 Å². The van der Waals surface area contributed by atoms with Gasteiger partial charge in [-0.2, -0.15) is 0 Å². The number of halogens is 1. The second-order valence-electron chi connectivity index (χ2n) is 7.83. The molecule has 1 aliphatic rings. The Morgan fingerprint density at radius 3 is 2.51 bits per heavy atom. The zero-order valence-electron chi connectivity index (χ0n) is 20.9. The molecule has 1 aliphatic heterocycles. The van der Waals surface area contributed by atoms with Gasteiger partial charge < -0.3 is 30.8 Å². The number of hydrazine groups is 1. The molecule has 1 fully saturated rings. The highest BCUT2D eigenvalue weighted by molar-refractivity contribution is 6.28. The minimum absolute atomic E-state index is 0.00519. The van der Waals surface area contributed by atoms with Gasteiger partial charge in [-0.1, -0.05) is 13.8 Å². The molecule has 1 saturated heterocycles. The van der Waals surface area contributed by atoms with Gasteiger partial charge in [-0.25, -0.2) is 25.6 Å². The van der Waals surface area contributed by atoms with E-state index in [0.29, 0.717) is 46.9 Å². The van der Waals surface area contributed by atoms with Crippen LogP contribution in [0.4, 0.5) is 11.6 Å². The molecule has 35 heavy (non-hydrogen) atoms. The Morgan fingerprint density at radius 1 is 1.26 bits per heavy atom. The lowest BCUT2D eigenvalue weighted by Crippen LogP contribution is -2.36. The lowest BCUT2D eigenvalue weighted by atomic mass is 9.98. The van der Waals surface area contributed by atoms with Crippen molar-refractivity contribution in [2.75, 3.05) is 44.5 Å². The first kappa shape index (κ1) is 27.9. The molecular weight excluding hydrogens is 472 g/mol. The lowest BCUT2D eigenvalue weighted by molar-refractivity contribution is 0.0594. The molecule has 0 atom stereocenters. The number of allylic oxidation sites excluding steroid dienone is 1. The maximum absolute atomic E-state index is 11.8. The van der Waals surface area contributed by atoms with E-state index in [1.165, 1.54) is 12.1 Å². The average Bonchev–Trinajstić information content (AvgIpc) is 2.87. The summed E-state index contributed by atoms with van der Waals surface area (Å²) in [6, 6.07) is 3.36. The molecule has 3 heterocycles. The number of piperidine rings is 1. The minimum atomic E-state index is -0.555. The van der Waals surface area contributed by atoms with Gasteiger partial charge in [0.2, 0.25) is 5.28 Å². The highest BCUT2D eigenvalue weighted by Gasteiger charge is 2.23. The summed E-state index contributed by atoms with van der Waals surface area (Å²) < 4.78 is 10.7. The van der Waals surface area contributed by atoms with Crippen LogP contribution in [-0.2, 0) is 4.74 Å². The summed E-state index contributed by atoms with van der Waals surface area (Å²) in [4.78, 5) is 26.2. The van der Waals surface area contributed by atoms with E-state index in [9.17, 15) is 4.79 Å². The number of nitrogens with two attached hydrogens (primary N) is 3. The molecule has 11 nitrogen and oxygen atoms in total. The average molecular weight is 507 g/mol. The molecule has 0 saturated carbocycles. The van der Waals surface area contributed by atoms with Crippen molar-refractivity contribution < 1.29 is 14.3 Å². The predicted octanol–water partition coefficient (Wildman–Crippen LogP) is 2.67. The zero-order chi connectivity index (χ0) is 26.1. The van der Waals surface area contributed by atoms with E-state index in [4.69, 9.17) is 38.4 Å². The van der Waals surface area contributed by atoms with Gasteiger partial charge in [-0.05, 0) is 43.4 Å². The van der Waals surface area contributed by atoms with Crippen molar-refractivity contribution in [1.29, 1.82) is 0 Å². The number of aromatic nitrogens is 3. The fourth-order valence-corrected chi connectivity index (χ4v) is 3.61. The molecule has 0 unspecified atom stereocenters. The molecule has 12 heteroatoms. The molecular formula is C23H35ClN8O3. The van der Waals surface area contributed by atoms with Crippen molar-refractivity contribution in [3.8, 4) is 5.75 Å². The Morgan fingerprint density at radius 2 is 1.91 bits per heavy atom. The third kappa shape index (κ3) is 7.33. The maximum atomic E-state index is 11.8. The van der Waals surface area contributed by atoms with Crippen LogP contribution in [0.3, 0.4) is 0 Å². The van der Waals surface area contributed by atoms with Gasteiger partial charge >= 0.3 is 5.97 Å².